The van der Waals surface area contributed by atoms with Crippen molar-refractivity contribution >= 4 is 17.8 Å². The van der Waals surface area contributed by atoms with Crippen LogP contribution >= 0.6 is 0 Å². The minimum absolute atomic E-state index is 0.0645. The average molecular weight is 667 g/mol. The highest BCUT2D eigenvalue weighted by atomic mass is 16.4. The molecule has 0 aliphatic rings. The lowest BCUT2D eigenvalue weighted by molar-refractivity contribution is -0.142. The molecule has 0 saturated heterocycles. The van der Waals surface area contributed by atoms with E-state index in [4.69, 9.17) is 0 Å². The van der Waals surface area contributed by atoms with Gasteiger partial charge < -0.3 is 15.7 Å². The third-order valence-corrected chi connectivity index (χ3v) is 7.98. The number of carboxylic acids is 1. The number of unbranched alkanes of at least 4 members (excludes halogenated alkanes) is 11. The van der Waals surface area contributed by atoms with Crippen LogP contribution in [0.1, 0.15) is 162 Å². The second kappa shape index (κ2) is 36.7. The van der Waals surface area contributed by atoms with Gasteiger partial charge in [-0.2, -0.15) is 0 Å². The predicted molar refractivity (Wildman–Crippen MR) is 205 cm³/mol. The Morgan fingerprint density at radius 1 is 0.500 bits per heavy atom. The van der Waals surface area contributed by atoms with E-state index in [2.05, 4.69) is 97.4 Å². The summed E-state index contributed by atoms with van der Waals surface area (Å²) in [5.41, 5.74) is 0. The Morgan fingerprint density at radius 2 is 0.917 bits per heavy atom. The number of amides is 2. The molecule has 0 aromatic carbocycles. The lowest BCUT2D eigenvalue weighted by Crippen LogP contribution is -2.40. The van der Waals surface area contributed by atoms with Crippen molar-refractivity contribution in [3.63, 3.8) is 0 Å². The summed E-state index contributed by atoms with van der Waals surface area (Å²) in [7, 11) is 0. The molecule has 0 fully saturated rings. The van der Waals surface area contributed by atoms with Crippen molar-refractivity contribution in [1.29, 1.82) is 0 Å². The fourth-order valence-corrected chi connectivity index (χ4v) is 5.12. The summed E-state index contributed by atoms with van der Waals surface area (Å²) in [6.07, 6.45) is 48.3. The molecular formula is C42H70N2O4. The van der Waals surface area contributed by atoms with Crippen molar-refractivity contribution in [2.45, 2.75) is 168 Å². The molecule has 0 aliphatic carbocycles. The minimum atomic E-state index is -0.997. The average Bonchev–Trinajstić information content (AvgIpc) is 3.07. The summed E-state index contributed by atoms with van der Waals surface area (Å²) in [4.78, 5) is 36.1. The second-order valence-electron chi connectivity index (χ2n) is 12.5. The van der Waals surface area contributed by atoms with E-state index in [9.17, 15) is 19.5 Å². The van der Waals surface area contributed by atoms with E-state index in [1.54, 1.807) is 0 Å². The van der Waals surface area contributed by atoms with Crippen LogP contribution < -0.4 is 10.6 Å². The molecule has 6 nitrogen and oxygen atoms in total. The Bertz CT molecular complexity index is 961. The van der Waals surface area contributed by atoms with Crippen LogP contribution in [-0.2, 0) is 14.4 Å². The van der Waals surface area contributed by atoms with Crippen LogP contribution in [0, 0.1) is 0 Å². The minimum Gasteiger partial charge on any atom is -0.480 e. The van der Waals surface area contributed by atoms with Crippen LogP contribution in [0.25, 0.3) is 0 Å². The number of hydrogen-bond acceptors (Lipinski definition) is 3. The number of nitrogens with one attached hydrogen (secondary N) is 2. The Kier molecular flexibility index (Phi) is 34.3. The van der Waals surface area contributed by atoms with Crippen LogP contribution in [0.2, 0.25) is 0 Å². The molecule has 1 atom stereocenters. The molecular weight excluding hydrogens is 596 g/mol. The first-order valence-electron chi connectivity index (χ1n) is 19.2. The molecule has 2 amide bonds. The molecule has 0 radical (unpaired) electrons. The highest BCUT2D eigenvalue weighted by molar-refractivity contribution is 5.83. The molecule has 0 spiro atoms. The number of carbonyl (C=O) groups excluding carboxylic acids is 2. The smallest absolute Gasteiger partial charge is 0.326 e. The van der Waals surface area contributed by atoms with Gasteiger partial charge in [-0.3, -0.25) is 9.59 Å². The summed E-state index contributed by atoms with van der Waals surface area (Å²) in [5.74, 6) is -1.12. The highest BCUT2D eigenvalue weighted by Crippen LogP contribution is 2.10. The van der Waals surface area contributed by atoms with Gasteiger partial charge in [0, 0.05) is 19.4 Å². The van der Waals surface area contributed by atoms with Crippen molar-refractivity contribution in [3.05, 3.63) is 72.9 Å². The maximum Gasteiger partial charge on any atom is 0.326 e. The maximum absolute atomic E-state index is 12.3. The van der Waals surface area contributed by atoms with Gasteiger partial charge in [-0.15, -0.1) is 0 Å². The molecule has 6 heteroatoms. The van der Waals surface area contributed by atoms with Crippen LogP contribution in [0.15, 0.2) is 72.9 Å². The van der Waals surface area contributed by atoms with Crippen molar-refractivity contribution in [2.75, 3.05) is 6.54 Å². The second-order valence-corrected chi connectivity index (χ2v) is 12.5. The molecule has 0 aromatic heterocycles. The zero-order chi connectivity index (χ0) is 35.2. The zero-order valence-electron chi connectivity index (χ0n) is 30.6. The number of aliphatic carboxylic acids is 1. The maximum atomic E-state index is 12.3. The van der Waals surface area contributed by atoms with Gasteiger partial charge in [-0.05, 0) is 96.3 Å². The Hall–Kier alpha value is -3.15. The first kappa shape index (κ1) is 44.9. The lowest BCUT2D eigenvalue weighted by atomic mass is 10.1. The molecule has 3 N–H and O–H groups in total. The predicted octanol–water partition coefficient (Wildman–Crippen LogP) is 11.0. The van der Waals surface area contributed by atoms with E-state index in [0.29, 0.717) is 38.6 Å². The van der Waals surface area contributed by atoms with Gasteiger partial charge in [0.1, 0.15) is 6.04 Å². The van der Waals surface area contributed by atoms with E-state index in [1.165, 1.54) is 12.8 Å². The largest absolute Gasteiger partial charge is 0.480 e. The number of carboxylic acid groups (broad SMARTS) is 1. The van der Waals surface area contributed by atoms with Crippen molar-refractivity contribution in [2.24, 2.45) is 0 Å². The Balaban J connectivity index is 3.72. The highest BCUT2D eigenvalue weighted by Gasteiger charge is 2.19. The van der Waals surface area contributed by atoms with Crippen LogP contribution in [0.5, 0.6) is 0 Å². The molecule has 272 valence electrons. The van der Waals surface area contributed by atoms with Gasteiger partial charge in [0.2, 0.25) is 11.8 Å². The molecule has 0 heterocycles. The summed E-state index contributed by atoms with van der Waals surface area (Å²) in [6.45, 7) is 4.83. The standard InChI is InChI=1S/C42H70N2O4/c1-3-5-7-9-11-13-15-17-19-21-23-25-27-29-31-36-40(45)43-38-34-33-35-39(42(47)48)44-41(46)37-32-30-28-26-24-22-20-18-16-14-12-10-8-6-4-2/h5-8,11-14,17-20,39H,3-4,9-10,15-16,21-38H2,1-2H3,(H,43,45)(H,44,46)(H,47,48)/b7-5-,8-6-,13-11-,14-12-,19-17-,20-18-/t39-/m0/s1. The van der Waals surface area contributed by atoms with Crippen molar-refractivity contribution in [3.8, 4) is 0 Å². The first-order chi connectivity index (χ1) is 23.5. The SMILES string of the molecule is CC/C=C\C/C=C\C/C=C\CCCCCCCC(=O)NCCCC[C@H](NC(=O)CCCCCCC/C=C\C/C=C\C/C=C\CC)C(=O)O. The fraction of sp³-hybridized carbons (Fsp3) is 0.643. The van der Waals surface area contributed by atoms with Crippen LogP contribution in [-0.4, -0.2) is 35.5 Å². The summed E-state index contributed by atoms with van der Waals surface area (Å²) in [6, 6.07) is -0.868. The first-order valence-corrected chi connectivity index (χ1v) is 19.2. The third-order valence-electron chi connectivity index (χ3n) is 7.98. The van der Waals surface area contributed by atoms with Gasteiger partial charge in [-0.25, -0.2) is 4.79 Å². The zero-order valence-corrected chi connectivity index (χ0v) is 30.6. The van der Waals surface area contributed by atoms with Gasteiger partial charge >= 0.3 is 5.97 Å². The Morgan fingerprint density at radius 3 is 1.40 bits per heavy atom. The van der Waals surface area contributed by atoms with Crippen LogP contribution in [0.4, 0.5) is 0 Å². The summed E-state index contributed by atoms with van der Waals surface area (Å²) < 4.78 is 0. The van der Waals surface area contributed by atoms with Gasteiger partial charge in [-0.1, -0.05) is 125 Å². The molecule has 0 aromatic rings. The molecule has 48 heavy (non-hydrogen) atoms. The van der Waals surface area contributed by atoms with Crippen LogP contribution in [0.3, 0.4) is 0 Å². The van der Waals surface area contributed by atoms with E-state index in [0.717, 1.165) is 103 Å². The monoisotopic (exact) mass is 667 g/mol. The Labute approximate surface area is 294 Å². The lowest BCUT2D eigenvalue weighted by Gasteiger charge is -2.14. The molecule has 0 aliphatic heterocycles. The number of rotatable bonds is 33. The third kappa shape index (κ3) is 34.2. The molecule has 0 bridgehead atoms. The van der Waals surface area contributed by atoms with Gasteiger partial charge in [0.05, 0.1) is 0 Å². The normalized spacial score (nSPS) is 12.9. The molecule has 0 rings (SSSR count). The van der Waals surface area contributed by atoms with Gasteiger partial charge in [0.25, 0.3) is 0 Å². The fourth-order valence-electron chi connectivity index (χ4n) is 5.12. The van der Waals surface area contributed by atoms with E-state index >= 15 is 0 Å². The number of carbonyl (C=O) groups is 3. The number of hydrogen-bond donors (Lipinski definition) is 3. The van der Waals surface area contributed by atoms with Crippen molar-refractivity contribution < 1.29 is 19.5 Å². The van der Waals surface area contributed by atoms with E-state index < -0.39 is 12.0 Å². The van der Waals surface area contributed by atoms with Gasteiger partial charge in [0.15, 0.2) is 0 Å². The van der Waals surface area contributed by atoms with E-state index in [-0.39, 0.29) is 11.8 Å². The number of allylic oxidation sites excluding steroid dienone is 12. The summed E-state index contributed by atoms with van der Waals surface area (Å²) in [5, 5.41) is 15.2. The van der Waals surface area contributed by atoms with E-state index in [1.807, 2.05) is 0 Å². The molecule has 0 unspecified atom stereocenters. The topological polar surface area (TPSA) is 95.5 Å². The molecule has 0 saturated carbocycles. The summed E-state index contributed by atoms with van der Waals surface area (Å²) >= 11 is 0. The van der Waals surface area contributed by atoms with Crippen molar-refractivity contribution in [1.82, 2.24) is 10.6 Å². The quantitative estimate of drug-likeness (QED) is 0.0480.